The van der Waals surface area contributed by atoms with Gasteiger partial charge in [0.2, 0.25) is 0 Å². The van der Waals surface area contributed by atoms with Gasteiger partial charge in [-0.25, -0.2) is 4.79 Å². The van der Waals surface area contributed by atoms with Crippen molar-refractivity contribution in [2.75, 3.05) is 13.7 Å². The Morgan fingerprint density at radius 3 is 2.72 bits per heavy atom. The highest BCUT2D eigenvalue weighted by Crippen LogP contribution is 2.24. The predicted octanol–water partition coefficient (Wildman–Crippen LogP) is 0.418. The number of carbonyl (C=O) groups excluding carboxylic acids is 2. The Kier molecular flexibility index (Phi) is 5.11. The van der Waals surface area contributed by atoms with Crippen molar-refractivity contribution in [1.29, 1.82) is 0 Å². The molecule has 1 amide bonds. The van der Waals surface area contributed by atoms with E-state index < -0.39 is 18.0 Å². The van der Waals surface area contributed by atoms with Crippen molar-refractivity contribution < 1.29 is 24.5 Å². The lowest BCUT2D eigenvalue weighted by molar-refractivity contribution is -0.149. The van der Waals surface area contributed by atoms with Crippen molar-refractivity contribution in [3.05, 3.63) is 28.2 Å². The maximum absolute atomic E-state index is 11.6. The first-order valence-electron chi connectivity index (χ1n) is 4.98. The van der Waals surface area contributed by atoms with E-state index in [4.69, 9.17) is 0 Å². The molecule has 1 aromatic rings. The summed E-state index contributed by atoms with van der Waals surface area (Å²) in [5.41, 5.74) is 0.216. The predicted molar refractivity (Wildman–Crippen MR) is 66.2 cm³/mol. The van der Waals surface area contributed by atoms with E-state index in [9.17, 15) is 19.8 Å². The third-order valence-corrected chi connectivity index (χ3v) is 2.81. The zero-order valence-corrected chi connectivity index (χ0v) is 11.1. The topological polar surface area (TPSA) is 95.9 Å². The second kappa shape index (κ2) is 6.36. The molecule has 0 spiro atoms. The summed E-state index contributed by atoms with van der Waals surface area (Å²) in [5.74, 6) is -1.41. The fraction of sp³-hybridized carbons (Fsp3) is 0.273. The summed E-state index contributed by atoms with van der Waals surface area (Å²) in [6, 6.07) is 4.27. The molecule has 7 heteroatoms. The number of halogens is 1. The summed E-state index contributed by atoms with van der Waals surface area (Å²) in [5, 5.41) is 21.0. The fourth-order valence-electron chi connectivity index (χ4n) is 1.16. The first-order valence-corrected chi connectivity index (χ1v) is 5.77. The summed E-state index contributed by atoms with van der Waals surface area (Å²) >= 11 is 3.09. The molecule has 3 N–H and O–H groups in total. The number of rotatable bonds is 4. The van der Waals surface area contributed by atoms with Gasteiger partial charge in [0.15, 0.2) is 6.10 Å². The number of carbonyl (C=O) groups is 2. The van der Waals surface area contributed by atoms with Crippen LogP contribution in [-0.4, -0.2) is 41.8 Å². The number of amides is 1. The number of hydrogen-bond donors (Lipinski definition) is 3. The van der Waals surface area contributed by atoms with Crippen LogP contribution in [0, 0.1) is 0 Å². The van der Waals surface area contributed by atoms with Crippen LogP contribution in [0.4, 0.5) is 0 Å². The van der Waals surface area contributed by atoms with E-state index in [1.54, 1.807) is 0 Å². The number of hydrogen-bond acceptors (Lipinski definition) is 5. The highest BCUT2D eigenvalue weighted by molar-refractivity contribution is 9.10. The molecule has 18 heavy (non-hydrogen) atoms. The molecule has 0 aliphatic rings. The van der Waals surface area contributed by atoms with Gasteiger partial charge in [0, 0.05) is 5.56 Å². The average Bonchev–Trinajstić information content (AvgIpc) is 2.37. The molecule has 6 nitrogen and oxygen atoms in total. The zero-order valence-electron chi connectivity index (χ0n) is 9.51. The Balaban J connectivity index is 2.60. The summed E-state index contributed by atoms with van der Waals surface area (Å²) in [6.45, 7) is -0.262. The second-order valence-electron chi connectivity index (χ2n) is 3.42. The Morgan fingerprint density at radius 2 is 2.17 bits per heavy atom. The lowest BCUT2D eigenvalue weighted by atomic mass is 10.2. The molecule has 0 fully saturated rings. The van der Waals surface area contributed by atoms with E-state index in [1.165, 1.54) is 18.2 Å². The minimum Gasteiger partial charge on any atom is -0.507 e. The largest absolute Gasteiger partial charge is 0.507 e. The van der Waals surface area contributed by atoms with Gasteiger partial charge in [0.05, 0.1) is 18.1 Å². The maximum Gasteiger partial charge on any atom is 0.336 e. The first-order chi connectivity index (χ1) is 8.45. The normalized spacial score (nSPS) is 11.7. The van der Waals surface area contributed by atoms with Gasteiger partial charge < -0.3 is 20.3 Å². The Hall–Kier alpha value is -1.60. The lowest BCUT2D eigenvalue weighted by Crippen LogP contribution is -2.37. The van der Waals surface area contributed by atoms with Crippen LogP contribution in [0.2, 0.25) is 0 Å². The highest BCUT2D eigenvalue weighted by atomic mass is 79.9. The van der Waals surface area contributed by atoms with Crippen molar-refractivity contribution in [2.45, 2.75) is 6.10 Å². The van der Waals surface area contributed by atoms with E-state index in [0.717, 1.165) is 7.11 Å². The van der Waals surface area contributed by atoms with Crippen molar-refractivity contribution in [3.63, 3.8) is 0 Å². The molecule has 0 bridgehead atoms. The van der Waals surface area contributed by atoms with Gasteiger partial charge in [0.25, 0.3) is 5.91 Å². The van der Waals surface area contributed by atoms with Crippen LogP contribution in [0.5, 0.6) is 5.75 Å². The Bertz CT molecular complexity index is 463. The second-order valence-corrected chi connectivity index (χ2v) is 4.27. The monoisotopic (exact) mass is 317 g/mol. The number of phenolic OH excluding ortho intramolecular Hbond substituents is 1. The van der Waals surface area contributed by atoms with Gasteiger partial charge in [-0.15, -0.1) is 0 Å². The smallest absolute Gasteiger partial charge is 0.336 e. The molecule has 0 aliphatic carbocycles. The molecule has 1 aromatic carbocycles. The number of aliphatic hydroxyl groups is 1. The Labute approximate surface area is 112 Å². The number of esters is 1. The molecule has 1 atom stereocenters. The lowest BCUT2D eigenvalue weighted by Gasteiger charge is -2.10. The van der Waals surface area contributed by atoms with Crippen LogP contribution in [0.15, 0.2) is 22.7 Å². The molecule has 1 unspecified atom stereocenters. The van der Waals surface area contributed by atoms with Crippen LogP contribution in [-0.2, 0) is 9.53 Å². The number of phenols is 1. The van der Waals surface area contributed by atoms with Crippen LogP contribution < -0.4 is 5.32 Å². The molecule has 0 aliphatic heterocycles. The van der Waals surface area contributed by atoms with E-state index >= 15 is 0 Å². The average molecular weight is 318 g/mol. The molecule has 0 heterocycles. The van der Waals surface area contributed by atoms with Gasteiger partial charge in [-0.2, -0.15) is 0 Å². The third-order valence-electron chi connectivity index (χ3n) is 2.14. The maximum atomic E-state index is 11.6. The number of nitrogens with one attached hydrogen (secondary N) is 1. The van der Waals surface area contributed by atoms with Crippen LogP contribution in [0.3, 0.4) is 0 Å². The van der Waals surface area contributed by atoms with Crippen molar-refractivity contribution in [3.8, 4) is 5.75 Å². The van der Waals surface area contributed by atoms with Gasteiger partial charge in [-0.05, 0) is 34.1 Å². The number of aromatic hydroxyl groups is 1. The summed E-state index contributed by atoms with van der Waals surface area (Å²) in [6.07, 6.45) is -1.41. The molecule has 0 saturated heterocycles. The highest BCUT2D eigenvalue weighted by Gasteiger charge is 2.17. The quantitative estimate of drug-likeness (QED) is 0.699. The van der Waals surface area contributed by atoms with E-state index in [0.29, 0.717) is 4.47 Å². The van der Waals surface area contributed by atoms with Crippen LogP contribution >= 0.6 is 15.9 Å². The van der Waals surface area contributed by atoms with Crippen molar-refractivity contribution >= 4 is 27.8 Å². The molecule has 0 saturated carbocycles. The number of aliphatic hydroxyl groups excluding tert-OH is 1. The zero-order chi connectivity index (χ0) is 13.7. The van der Waals surface area contributed by atoms with E-state index in [1.807, 2.05) is 0 Å². The minimum absolute atomic E-state index is 0.0730. The SMILES string of the molecule is COC(=O)C(O)CNC(=O)c1ccc(Br)c(O)c1. The molecule has 98 valence electrons. The minimum atomic E-state index is -1.41. The molecular weight excluding hydrogens is 306 g/mol. The van der Waals surface area contributed by atoms with Crippen molar-refractivity contribution in [1.82, 2.24) is 5.32 Å². The fourth-order valence-corrected chi connectivity index (χ4v) is 1.41. The summed E-state index contributed by atoms with van der Waals surface area (Å²) < 4.78 is 4.76. The van der Waals surface area contributed by atoms with Gasteiger partial charge >= 0.3 is 5.97 Å². The van der Waals surface area contributed by atoms with Crippen LogP contribution in [0.1, 0.15) is 10.4 Å². The number of methoxy groups -OCH3 is 1. The standard InChI is InChI=1S/C11H12BrNO5/c1-18-11(17)9(15)5-13-10(16)6-2-3-7(12)8(14)4-6/h2-4,9,14-15H,5H2,1H3,(H,13,16). The summed E-state index contributed by atoms with van der Waals surface area (Å²) in [4.78, 5) is 22.5. The van der Waals surface area contributed by atoms with Gasteiger partial charge in [-0.3, -0.25) is 4.79 Å². The molecule has 1 rings (SSSR count). The molecule has 0 aromatic heterocycles. The van der Waals surface area contributed by atoms with Crippen molar-refractivity contribution in [2.24, 2.45) is 0 Å². The van der Waals surface area contributed by atoms with Gasteiger partial charge in [-0.1, -0.05) is 0 Å². The third kappa shape index (κ3) is 3.71. The van der Waals surface area contributed by atoms with Crippen LogP contribution in [0.25, 0.3) is 0 Å². The van der Waals surface area contributed by atoms with E-state index in [-0.39, 0.29) is 17.9 Å². The van der Waals surface area contributed by atoms with Gasteiger partial charge in [0.1, 0.15) is 5.75 Å². The summed E-state index contributed by atoms with van der Waals surface area (Å²) in [7, 11) is 1.14. The van der Waals surface area contributed by atoms with E-state index in [2.05, 4.69) is 26.0 Å². The Morgan fingerprint density at radius 1 is 1.50 bits per heavy atom. The number of ether oxygens (including phenoxy) is 1. The first kappa shape index (κ1) is 14.5. The molecule has 0 radical (unpaired) electrons. The number of benzene rings is 1. The molecular formula is C11H12BrNO5.